The molecule has 21 heavy (non-hydrogen) atoms. The number of carbonyl (C=O) groups excluding carboxylic acids is 1. The fourth-order valence-electron chi connectivity index (χ4n) is 1.49. The summed E-state index contributed by atoms with van der Waals surface area (Å²) in [4.78, 5) is 26.2. The van der Waals surface area contributed by atoms with Gasteiger partial charge in [-0.3, -0.25) is 4.79 Å². The molecule has 0 saturated heterocycles. The second-order valence-electron chi connectivity index (χ2n) is 4.03. The number of ether oxygens (including phenoxy) is 1. The standard InChI is InChI=1S/C14H11FN2O4/c15-10-1-3-11(4-2-10)21-8-13(18)17-12-7-9(14(19)20)5-6-16-12/h1-7H,8H2,(H,19,20)(H,16,17,18). The lowest BCUT2D eigenvalue weighted by Crippen LogP contribution is -2.21. The van der Waals surface area contributed by atoms with Crippen molar-refractivity contribution in [3.8, 4) is 5.75 Å². The van der Waals surface area contributed by atoms with Gasteiger partial charge in [0.2, 0.25) is 0 Å². The fourth-order valence-corrected chi connectivity index (χ4v) is 1.49. The number of pyridine rings is 1. The monoisotopic (exact) mass is 290 g/mol. The Labute approximate surface area is 119 Å². The van der Waals surface area contributed by atoms with Crippen LogP contribution in [-0.4, -0.2) is 28.6 Å². The van der Waals surface area contributed by atoms with Crippen molar-refractivity contribution in [3.63, 3.8) is 0 Å². The molecule has 108 valence electrons. The number of nitrogens with zero attached hydrogens (tertiary/aromatic N) is 1. The Morgan fingerprint density at radius 1 is 1.24 bits per heavy atom. The molecule has 1 amide bonds. The number of carboxylic acids is 1. The van der Waals surface area contributed by atoms with E-state index in [1.165, 1.54) is 42.6 Å². The van der Waals surface area contributed by atoms with Crippen LogP contribution in [0.5, 0.6) is 5.75 Å². The van der Waals surface area contributed by atoms with Gasteiger partial charge in [-0.2, -0.15) is 0 Å². The highest BCUT2D eigenvalue weighted by atomic mass is 19.1. The van der Waals surface area contributed by atoms with Crippen molar-refractivity contribution >= 4 is 17.7 Å². The molecule has 6 nitrogen and oxygen atoms in total. The summed E-state index contributed by atoms with van der Waals surface area (Å²) in [5, 5.41) is 11.2. The lowest BCUT2D eigenvalue weighted by Gasteiger charge is -2.07. The Bertz CT molecular complexity index is 658. The van der Waals surface area contributed by atoms with Crippen molar-refractivity contribution in [3.05, 3.63) is 54.0 Å². The summed E-state index contributed by atoms with van der Waals surface area (Å²) in [5.41, 5.74) is 0.0137. The molecule has 7 heteroatoms. The largest absolute Gasteiger partial charge is 0.484 e. The molecule has 0 unspecified atom stereocenters. The van der Waals surface area contributed by atoms with Crippen LogP contribution in [0.1, 0.15) is 10.4 Å². The molecule has 2 aromatic rings. The molecule has 2 N–H and O–H groups in total. The summed E-state index contributed by atoms with van der Waals surface area (Å²) in [7, 11) is 0. The van der Waals surface area contributed by atoms with Gasteiger partial charge in [0.1, 0.15) is 17.4 Å². The summed E-state index contributed by atoms with van der Waals surface area (Å²) >= 11 is 0. The molecule has 1 heterocycles. The fraction of sp³-hybridized carbons (Fsp3) is 0.0714. The van der Waals surface area contributed by atoms with Crippen LogP contribution in [0.4, 0.5) is 10.2 Å². The van der Waals surface area contributed by atoms with Gasteiger partial charge in [-0.1, -0.05) is 0 Å². The van der Waals surface area contributed by atoms with E-state index < -0.39 is 17.7 Å². The van der Waals surface area contributed by atoms with Crippen molar-refractivity contribution in [1.29, 1.82) is 0 Å². The zero-order valence-corrected chi connectivity index (χ0v) is 10.7. The van der Waals surface area contributed by atoms with Gasteiger partial charge in [0.25, 0.3) is 5.91 Å². The van der Waals surface area contributed by atoms with Gasteiger partial charge in [-0.05, 0) is 36.4 Å². The molecule has 1 aromatic carbocycles. The van der Waals surface area contributed by atoms with Crippen LogP contribution in [0, 0.1) is 5.82 Å². The van der Waals surface area contributed by atoms with E-state index in [9.17, 15) is 14.0 Å². The summed E-state index contributed by atoms with van der Waals surface area (Å²) < 4.78 is 17.8. The maximum Gasteiger partial charge on any atom is 0.335 e. The summed E-state index contributed by atoms with van der Waals surface area (Å²) in [6.07, 6.45) is 1.28. The Hall–Kier alpha value is -2.96. The minimum atomic E-state index is -1.12. The average molecular weight is 290 g/mol. The predicted molar refractivity (Wildman–Crippen MR) is 71.7 cm³/mol. The number of aromatic nitrogens is 1. The highest BCUT2D eigenvalue weighted by Crippen LogP contribution is 2.11. The first-order valence-corrected chi connectivity index (χ1v) is 5.92. The van der Waals surface area contributed by atoms with Crippen molar-refractivity contribution in [1.82, 2.24) is 4.98 Å². The van der Waals surface area contributed by atoms with Gasteiger partial charge < -0.3 is 15.2 Å². The lowest BCUT2D eigenvalue weighted by atomic mass is 10.2. The Balaban J connectivity index is 1.91. The van der Waals surface area contributed by atoms with Gasteiger partial charge in [0, 0.05) is 6.20 Å². The van der Waals surface area contributed by atoms with Crippen LogP contribution in [0.15, 0.2) is 42.6 Å². The third kappa shape index (κ3) is 4.27. The number of benzene rings is 1. The molecule has 0 atom stereocenters. The SMILES string of the molecule is O=C(COc1ccc(F)cc1)Nc1cc(C(=O)O)ccn1. The zero-order valence-electron chi connectivity index (χ0n) is 10.7. The number of aromatic carboxylic acids is 1. The van der Waals surface area contributed by atoms with E-state index in [-0.39, 0.29) is 18.0 Å². The van der Waals surface area contributed by atoms with Crippen LogP contribution in [0.25, 0.3) is 0 Å². The second kappa shape index (κ2) is 6.47. The summed E-state index contributed by atoms with van der Waals surface area (Å²) in [6, 6.07) is 7.76. The van der Waals surface area contributed by atoms with Gasteiger partial charge >= 0.3 is 5.97 Å². The van der Waals surface area contributed by atoms with Crippen LogP contribution >= 0.6 is 0 Å². The average Bonchev–Trinajstić information content (AvgIpc) is 2.47. The van der Waals surface area contributed by atoms with Crippen LogP contribution in [0.2, 0.25) is 0 Å². The van der Waals surface area contributed by atoms with Crippen LogP contribution < -0.4 is 10.1 Å². The Morgan fingerprint density at radius 3 is 2.62 bits per heavy atom. The van der Waals surface area contributed by atoms with E-state index in [2.05, 4.69) is 10.3 Å². The van der Waals surface area contributed by atoms with E-state index in [4.69, 9.17) is 9.84 Å². The number of anilines is 1. The Kier molecular flexibility index (Phi) is 4.45. The predicted octanol–water partition coefficient (Wildman–Crippen LogP) is 1.94. The molecule has 0 aliphatic rings. The molecule has 1 aromatic heterocycles. The number of amides is 1. The van der Waals surface area contributed by atoms with Crippen molar-refractivity contribution in [2.24, 2.45) is 0 Å². The molecule has 0 fully saturated rings. The molecule has 0 spiro atoms. The maximum atomic E-state index is 12.7. The van der Waals surface area contributed by atoms with E-state index >= 15 is 0 Å². The molecule has 0 aliphatic heterocycles. The van der Waals surface area contributed by atoms with Gasteiger partial charge in [-0.15, -0.1) is 0 Å². The van der Waals surface area contributed by atoms with Gasteiger partial charge in [0.15, 0.2) is 6.61 Å². The first-order valence-electron chi connectivity index (χ1n) is 5.92. The third-order valence-corrected chi connectivity index (χ3v) is 2.46. The highest BCUT2D eigenvalue weighted by molar-refractivity contribution is 5.93. The quantitative estimate of drug-likeness (QED) is 0.878. The molecule has 0 aliphatic carbocycles. The molecule has 0 radical (unpaired) electrons. The maximum absolute atomic E-state index is 12.7. The first kappa shape index (κ1) is 14.4. The number of carbonyl (C=O) groups is 2. The molecular formula is C14H11FN2O4. The lowest BCUT2D eigenvalue weighted by molar-refractivity contribution is -0.118. The minimum absolute atomic E-state index is 0.0137. The number of halogens is 1. The van der Waals surface area contributed by atoms with Crippen molar-refractivity contribution in [2.75, 3.05) is 11.9 Å². The van der Waals surface area contributed by atoms with Crippen LogP contribution in [0.3, 0.4) is 0 Å². The van der Waals surface area contributed by atoms with E-state index in [1.807, 2.05) is 0 Å². The van der Waals surface area contributed by atoms with Crippen LogP contribution in [-0.2, 0) is 4.79 Å². The topological polar surface area (TPSA) is 88.5 Å². The number of carboxylic acid groups (broad SMARTS) is 1. The van der Waals surface area contributed by atoms with Gasteiger partial charge in [-0.25, -0.2) is 14.2 Å². The third-order valence-electron chi connectivity index (χ3n) is 2.46. The minimum Gasteiger partial charge on any atom is -0.484 e. The van der Waals surface area contributed by atoms with E-state index in [0.717, 1.165) is 0 Å². The van der Waals surface area contributed by atoms with Gasteiger partial charge in [0.05, 0.1) is 5.56 Å². The van der Waals surface area contributed by atoms with Crippen molar-refractivity contribution < 1.29 is 23.8 Å². The number of hydrogen-bond acceptors (Lipinski definition) is 4. The zero-order chi connectivity index (χ0) is 15.2. The van der Waals surface area contributed by atoms with E-state index in [0.29, 0.717) is 5.75 Å². The highest BCUT2D eigenvalue weighted by Gasteiger charge is 2.08. The molecule has 2 rings (SSSR count). The second-order valence-corrected chi connectivity index (χ2v) is 4.03. The normalized spacial score (nSPS) is 9.95. The Morgan fingerprint density at radius 2 is 1.95 bits per heavy atom. The smallest absolute Gasteiger partial charge is 0.335 e. The molecular weight excluding hydrogens is 279 g/mol. The molecule has 0 saturated carbocycles. The summed E-state index contributed by atoms with van der Waals surface area (Å²) in [5.74, 6) is -1.56. The van der Waals surface area contributed by atoms with Crippen molar-refractivity contribution in [2.45, 2.75) is 0 Å². The number of nitrogens with one attached hydrogen (secondary N) is 1. The number of hydrogen-bond donors (Lipinski definition) is 2. The number of rotatable bonds is 5. The van der Waals surface area contributed by atoms with E-state index in [1.54, 1.807) is 0 Å². The molecule has 0 bridgehead atoms. The first-order chi connectivity index (χ1) is 10.0. The summed E-state index contributed by atoms with van der Waals surface area (Å²) in [6.45, 7) is -0.301.